The molecule has 2 aromatic rings. The van der Waals surface area contributed by atoms with Gasteiger partial charge in [-0.3, -0.25) is 4.79 Å². The first-order chi connectivity index (χ1) is 15.2. The third-order valence-corrected chi connectivity index (χ3v) is 6.08. The standard InChI is InChI=1S/C25H30N2O5/c1-4-27(19-7-5-6-18(14-19)23(26)30)22-21(29)15-25(16(2)3,32-24(22)31)13-12-17-8-10-20(28)11-9-17/h5-11,14,16,28-29H,4,12-13,15H2,1-3H3,(H2,26,30). The van der Waals surface area contributed by atoms with Crippen LogP contribution in [0, 0.1) is 5.92 Å². The number of anilines is 1. The number of benzene rings is 2. The van der Waals surface area contributed by atoms with Crippen LogP contribution in [0.5, 0.6) is 5.75 Å². The molecule has 0 aromatic heterocycles. The summed E-state index contributed by atoms with van der Waals surface area (Å²) in [5.74, 6) is -1.03. The summed E-state index contributed by atoms with van der Waals surface area (Å²) in [6, 6.07) is 13.5. The SMILES string of the molecule is CCN(C1=C(O)CC(CCc2ccc(O)cc2)(C(C)C)OC1=O)c1cccc(C(N)=O)c1. The van der Waals surface area contributed by atoms with E-state index < -0.39 is 17.5 Å². The number of rotatable bonds is 8. The first-order valence-corrected chi connectivity index (χ1v) is 10.8. The van der Waals surface area contributed by atoms with Crippen LogP contribution in [0.3, 0.4) is 0 Å². The quantitative estimate of drug-likeness (QED) is 0.536. The van der Waals surface area contributed by atoms with Gasteiger partial charge in [-0.25, -0.2) is 4.79 Å². The molecule has 0 bridgehead atoms. The monoisotopic (exact) mass is 438 g/mol. The molecule has 1 heterocycles. The van der Waals surface area contributed by atoms with Gasteiger partial charge in [-0.15, -0.1) is 0 Å². The number of aromatic hydroxyl groups is 1. The van der Waals surface area contributed by atoms with Gasteiger partial charge in [0.05, 0.1) is 0 Å². The van der Waals surface area contributed by atoms with Gasteiger partial charge in [0, 0.05) is 24.2 Å². The van der Waals surface area contributed by atoms with Crippen LogP contribution in [0.2, 0.25) is 0 Å². The Morgan fingerprint density at radius 1 is 1.19 bits per heavy atom. The van der Waals surface area contributed by atoms with Crippen molar-refractivity contribution >= 4 is 17.6 Å². The van der Waals surface area contributed by atoms with Gasteiger partial charge in [-0.1, -0.05) is 32.0 Å². The van der Waals surface area contributed by atoms with Crippen molar-refractivity contribution in [3.63, 3.8) is 0 Å². The molecule has 1 amide bonds. The number of cyclic esters (lactones) is 1. The van der Waals surface area contributed by atoms with E-state index in [-0.39, 0.29) is 29.5 Å². The first-order valence-electron chi connectivity index (χ1n) is 10.8. The van der Waals surface area contributed by atoms with E-state index in [4.69, 9.17) is 10.5 Å². The zero-order valence-electron chi connectivity index (χ0n) is 18.7. The third kappa shape index (κ3) is 4.72. The van der Waals surface area contributed by atoms with E-state index >= 15 is 0 Å². The zero-order valence-corrected chi connectivity index (χ0v) is 18.7. The molecule has 0 saturated carbocycles. The Kier molecular flexibility index (Phi) is 6.77. The lowest BCUT2D eigenvalue weighted by Gasteiger charge is -2.42. The van der Waals surface area contributed by atoms with Crippen LogP contribution in [-0.4, -0.2) is 34.2 Å². The van der Waals surface area contributed by atoms with E-state index in [1.807, 2.05) is 32.9 Å². The second-order valence-corrected chi connectivity index (χ2v) is 8.41. The predicted molar refractivity (Wildman–Crippen MR) is 122 cm³/mol. The molecule has 170 valence electrons. The number of esters is 1. The number of phenolic OH excluding ortho intramolecular Hbond substituents is 1. The molecule has 1 aliphatic heterocycles. The number of aliphatic hydroxyl groups excluding tert-OH is 1. The van der Waals surface area contributed by atoms with Crippen molar-refractivity contribution in [3.8, 4) is 5.75 Å². The summed E-state index contributed by atoms with van der Waals surface area (Å²) in [6.07, 6.45) is 1.35. The highest BCUT2D eigenvalue weighted by Crippen LogP contribution is 2.40. The van der Waals surface area contributed by atoms with Crippen molar-refractivity contribution in [1.29, 1.82) is 0 Å². The minimum atomic E-state index is -0.850. The van der Waals surface area contributed by atoms with Gasteiger partial charge < -0.3 is 25.6 Å². The average Bonchev–Trinajstić information content (AvgIpc) is 2.75. The number of nitrogens with two attached hydrogens (primary N) is 1. The molecule has 4 N–H and O–H groups in total. The molecule has 7 heteroatoms. The van der Waals surface area contributed by atoms with E-state index in [1.54, 1.807) is 41.3 Å². The summed E-state index contributed by atoms with van der Waals surface area (Å²) in [6.45, 7) is 6.17. The Balaban J connectivity index is 1.90. The molecule has 0 fully saturated rings. The van der Waals surface area contributed by atoms with Crippen molar-refractivity contribution in [3.05, 3.63) is 71.1 Å². The molecule has 2 aromatic carbocycles. The minimum Gasteiger partial charge on any atom is -0.510 e. The molecule has 0 aliphatic carbocycles. The molecule has 0 saturated heterocycles. The molecule has 3 rings (SSSR count). The maximum absolute atomic E-state index is 13.2. The molecule has 7 nitrogen and oxygen atoms in total. The van der Waals surface area contributed by atoms with Crippen molar-refractivity contribution in [2.75, 3.05) is 11.4 Å². The van der Waals surface area contributed by atoms with E-state index in [1.165, 1.54) is 0 Å². The van der Waals surface area contributed by atoms with Gasteiger partial charge in [-0.2, -0.15) is 0 Å². The fourth-order valence-corrected chi connectivity index (χ4v) is 4.09. The van der Waals surface area contributed by atoms with E-state index in [0.29, 0.717) is 30.6 Å². The largest absolute Gasteiger partial charge is 0.510 e. The van der Waals surface area contributed by atoms with Crippen LogP contribution in [0.15, 0.2) is 60.0 Å². The number of amides is 1. The Morgan fingerprint density at radius 2 is 1.88 bits per heavy atom. The lowest BCUT2D eigenvalue weighted by Crippen LogP contribution is -2.47. The van der Waals surface area contributed by atoms with Crippen LogP contribution in [0.1, 0.15) is 49.5 Å². The van der Waals surface area contributed by atoms with Crippen LogP contribution in [0.4, 0.5) is 5.69 Å². The van der Waals surface area contributed by atoms with Crippen LogP contribution >= 0.6 is 0 Å². The van der Waals surface area contributed by atoms with Gasteiger partial charge in [0.1, 0.15) is 17.1 Å². The van der Waals surface area contributed by atoms with E-state index in [9.17, 15) is 19.8 Å². The predicted octanol–water partition coefficient (Wildman–Crippen LogP) is 4.06. The average molecular weight is 439 g/mol. The number of hydrogen-bond acceptors (Lipinski definition) is 6. The molecule has 32 heavy (non-hydrogen) atoms. The summed E-state index contributed by atoms with van der Waals surface area (Å²) in [5, 5.41) is 20.5. The molecular formula is C25H30N2O5. The topological polar surface area (TPSA) is 113 Å². The van der Waals surface area contributed by atoms with Gasteiger partial charge in [0.25, 0.3) is 0 Å². The Hall–Kier alpha value is -3.48. The Bertz CT molecular complexity index is 1030. The fraction of sp³-hybridized carbons (Fsp3) is 0.360. The molecule has 1 aliphatic rings. The van der Waals surface area contributed by atoms with Gasteiger partial charge in [0.15, 0.2) is 5.70 Å². The number of likely N-dealkylation sites (N-methyl/N-ethyl adjacent to an activating group) is 1. The maximum Gasteiger partial charge on any atom is 0.359 e. The van der Waals surface area contributed by atoms with E-state index in [0.717, 1.165) is 5.56 Å². The van der Waals surface area contributed by atoms with Gasteiger partial charge in [-0.05, 0) is 61.6 Å². The zero-order chi connectivity index (χ0) is 23.5. The van der Waals surface area contributed by atoms with Crippen LogP contribution in [-0.2, 0) is 16.0 Å². The molecule has 0 radical (unpaired) electrons. The van der Waals surface area contributed by atoms with Crippen molar-refractivity contribution in [1.82, 2.24) is 0 Å². The number of aliphatic hydroxyl groups is 1. The Labute approximate surface area is 188 Å². The number of aryl methyl sites for hydroxylation is 1. The molecular weight excluding hydrogens is 408 g/mol. The van der Waals surface area contributed by atoms with Crippen molar-refractivity contribution < 1.29 is 24.5 Å². The molecule has 0 spiro atoms. The summed E-state index contributed by atoms with van der Waals surface area (Å²) in [5.41, 5.74) is 6.51. The second kappa shape index (κ2) is 9.34. The fourth-order valence-electron chi connectivity index (χ4n) is 4.09. The van der Waals surface area contributed by atoms with Crippen molar-refractivity contribution in [2.45, 2.75) is 45.6 Å². The van der Waals surface area contributed by atoms with Crippen LogP contribution in [0.25, 0.3) is 0 Å². The van der Waals surface area contributed by atoms with Crippen molar-refractivity contribution in [2.24, 2.45) is 11.7 Å². The third-order valence-electron chi connectivity index (χ3n) is 6.08. The number of ether oxygens (including phenoxy) is 1. The normalized spacial score (nSPS) is 18.6. The highest BCUT2D eigenvalue weighted by molar-refractivity contribution is 5.96. The highest BCUT2D eigenvalue weighted by Gasteiger charge is 2.45. The summed E-state index contributed by atoms with van der Waals surface area (Å²) in [4.78, 5) is 26.4. The lowest BCUT2D eigenvalue weighted by molar-refractivity contribution is -0.166. The maximum atomic E-state index is 13.2. The number of hydrogen-bond donors (Lipinski definition) is 3. The number of primary amides is 1. The number of carbonyl (C=O) groups excluding carboxylic acids is 2. The number of nitrogens with zero attached hydrogens (tertiary/aromatic N) is 1. The Morgan fingerprint density at radius 3 is 2.44 bits per heavy atom. The smallest absolute Gasteiger partial charge is 0.359 e. The van der Waals surface area contributed by atoms with E-state index in [2.05, 4.69) is 0 Å². The highest BCUT2D eigenvalue weighted by atomic mass is 16.6. The molecule has 1 unspecified atom stereocenters. The summed E-state index contributed by atoms with van der Waals surface area (Å²) >= 11 is 0. The lowest BCUT2D eigenvalue weighted by atomic mass is 9.79. The van der Waals surface area contributed by atoms with Gasteiger partial charge in [0.2, 0.25) is 5.91 Å². The minimum absolute atomic E-state index is 0.0273. The number of carbonyl (C=O) groups is 2. The van der Waals surface area contributed by atoms with Gasteiger partial charge >= 0.3 is 5.97 Å². The summed E-state index contributed by atoms with van der Waals surface area (Å²) < 4.78 is 6.01. The number of phenols is 1. The molecule has 1 atom stereocenters. The summed E-state index contributed by atoms with van der Waals surface area (Å²) in [7, 11) is 0. The first kappa shape index (κ1) is 23.2. The van der Waals surface area contributed by atoms with Crippen LogP contribution < -0.4 is 10.6 Å². The second-order valence-electron chi connectivity index (χ2n) is 8.41.